The topological polar surface area (TPSA) is 147 Å². The van der Waals surface area contributed by atoms with E-state index < -0.39 is 23.6 Å². The van der Waals surface area contributed by atoms with Gasteiger partial charge in [-0.2, -0.15) is 13.2 Å². The number of hydrogen-bond acceptors (Lipinski definition) is 9. The first-order chi connectivity index (χ1) is 25.3. The molecule has 2 N–H and O–H groups in total. The third-order valence-corrected chi connectivity index (χ3v) is 9.94. The second-order valence-electron chi connectivity index (χ2n) is 12.9. The predicted octanol–water partition coefficient (Wildman–Crippen LogP) is 5.14. The van der Waals surface area contributed by atoms with Gasteiger partial charge in [0.1, 0.15) is 18.6 Å². The summed E-state index contributed by atoms with van der Waals surface area (Å²) in [6, 6.07) is 8.51. The molecule has 3 aromatic heterocycles. The molecule has 1 saturated heterocycles. The number of carbonyl (C=O) groups is 2. The standard InChI is InChI=1S/C36H34ClF3N8O5/c1-4-27-31(45-9-11-46(12-10-45)33(51)30-32(50)19(2)41-18-42-30)34(52)48-20(3)29(21-5-6-22-16-53-17-23(22)13-21)44-35(48)47(27)15-28(49)43-26-8-7-24(14-25(26)37)36(38,39)40/h5-8,13-14,18,50H,4,9-12,15-17H2,1-3H3,(H,43,49). The Bertz CT molecular complexity index is 2350. The molecule has 17 heteroatoms. The highest BCUT2D eigenvalue weighted by molar-refractivity contribution is 6.33. The molecular weight excluding hydrogens is 717 g/mol. The zero-order chi connectivity index (χ0) is 37.8. The lowest BCUT2D eigenvalue weighted by Gasteiger charge is -2.36. The number of nitrogens with one attached hydrogen (secondary N) is 1. The van der Waals surface area contributed by atoms with E-state index in [1.54, 1.807) is 23.3 Å². The number of piperazine rings is 1. The Balaban J connectivity index is 1.28. The van der Waals surface area contributed by atoms with E-state index >= 15 is 0 Å². The van der Waals surface area contributed by atoms with Gasteiger partial charge in [-0.25, -0.2) is 19.4 Å². The Labute approximate surface area is 305 Å². The van der Waals surface area contributed by atoms with Crippen LogP contribution in [0.15, 0.2) is 47.5 Å². The lowest BCUT2D eigenvalue weighted by Crippen LogP contribution is -2.51. The molecule has 1 fully saturated rings. The van der Waals surface area contributed by atoms with Crippen LogP contribution in [0.4, 0.5) is 24.5 Å². The van der Waals surface area contributed by atoms with Crippen LogP contribution in [0.1, 0.15) is 51.2 Å². The molecule has 53 heavy (non-hydrogen) atoms. The molecule has 5 aromatic rings. The number of imidazole rings is 1. The number of benzene rings is 2. The zero-order valence-corrected chi connectivity index (χ0v) is 29.7. The number of aromatic nitrogens is 5. The number of fused-ring (bicyclic) bond motifs is 2. The van der Waals surface area contributed by atoms with Gasteiger partial charge in [-0.3, -0.25) is 14.4 Å². The molecule has 0 bridgehead atoms. The van der Waals surface area contributed by atoms with Crippen molar-refractivity contribution >= 4 is 40.6 Å². The number of rotatable bonds is 7. The van der Waals surface area contributed by atoms with Crippen molar-refractivity contribution in [2.45, 2.75) is 53.1 Å². The smallest absolute Gasteiger partial charge is 0.416 e. The minimum absolute atomic E-state index is 0.00807. The van der Waals surface area contributed by atoms with Crippen LogP contribution in [0, 0.1) is 13.8 Å². The number of nitrogens with zero attached hydrogens (tertiary/aromatic N) is 7. The number of hydrogen-bond donors (Lipinski definition) is 2. The largest absolute Gasteiger partial charge is 0.504 e. The minimum Gasteiger partial charge on any atom is -0.504 e. The molecule has 0 spiro atoms. The highest BCUT2D eigenvalue weighted by Gasteiger charge is 2.33. The van der Waals surface area contributed by atoms with Gasteiger partial charge in [0, 0.05) is 31.7 Å². The Morgan fingerprint density at radius 1 is 1.02 bits per heavy atom. The van der Waals surface area contributed by atoms with E-state index in [4.69, 9.17) is 21.3 Å². The average molecular weight is 751 g/mol. The Hall–Kier alpha value is -5.48. The lowest BCUT2D eigenvalue weighted by atomic mass is 10.0. The Morgan fingerprint density at radius 3 is 2.45 bits per heavy atom. The second kappa shape index (κ2) is 13.8. The van der Waals surface area contributed by atoms with Crippen molar-refractivity contribution in [3.05, 3.63) is 97.6 Å². The predicted molar refractivity (Wildman–Crippen MR) is 189 cm³/mol. The summed E-state index contributed by atoms with van der Waals surface area (Å²) in [6.07, 6.45) is -3.10. The summed E-state index contributed by atoms with van der Waals surface area (Å²) in [5.41, 5.74) is 3.57. The van der Waals surface area contributed by atoms with Crippen LogP contribution in [-0.4, -0.2) is 71.9 Å². The molecular formula is C36H34ClF3N8O5. The van der Waals surface area contributed by atoms with Gasteiger partial charge in [0.15, 0.2) is 11.4 Å². The maximum absolute atomic E-state index is 14.6. The molecule has 5 heterocycles. The molecule has 7 rings (SSSR count). The SMILES string of the molecule is CCc1c(N2CCN(C(=O)c3ncnc(C)c3O)CC2)c(=O)n2c(C)c(-c3ccc4c(c3)COC4)nc2n1CC(=O)Nc1ccc(C(F)(F)F)cc1Cl. The fourth-order valence-corrected chi connectivity index (χ4v) is 7.08. The summed E-state index contributed by atoms with van der Waals surface area (Å²) in [5, 5.41) is 12.7. The summed E-state index contributed by atoms with van der Waals surface area (Å²) in [5.74, 6) is -1.16. The highest BCUT2D eigenvalue weighted by atomic mass is 35.5. The molecule has 2 aliphatic heterocycles. The minimum atomic E-state index is -4.61. The molecule has 0 aliphatic carbocycles. The number of aromatic hydroxyl groups is 1. The van der Waals surface area contributed by atoms with Crippen molar-refractivity contribution in [1.29, 1.82) is 0 Å². The molecule has 2 amide bonds. The summed E-state index contributed by atoms with van der Waals surface area (Å²) in [6.45, 7) is 6.71. The fraction of sp³-hybridized carbons (Fsp3) is 0.333. The average Bonchev–Trinajstić information content (AvgIpc) is 3.74. The van der Waals surface area contributed by atoms with Crippen molar-refractivity contribution in [1.82, 2.24) is 28.8 Å². The van der Waals surface area contributed by atoms with Crippen molar-refractivity contribution < 1.29 is 32.6 Å². The molecule has 2 aromatic carbocycles. The quantitative estimate of drug-likeness (QED) is 0.231. The van der Waals surface area contributed by atoms with Crippen LogP contribution in [0.2, 0.25) is 5.02 Å². The summed E-state index contributed by atoms with van der Waals surface area (Å²) in [7, 11) is 0. The van der Waals surface area contributed by atoms with Gasteiger partial charge in [-0.15, -0.1) is 0 Å². The number of halogens is 4. The summed E-state index contributed by atoms with van der Waals surface area (Å²) in [4.78, 5) is 57.8. The van der Waals surface area contributed by atoms with Crippen molar-refractivity contribution in [2.24, 2.45) is 0 Å². The van der Waals surface area contributed by atoms with Crippen LogP contribution in [-0.2, 0) is 41.9 Å². The van der Waals surface area contributed by atoms with E-state index in [9.17, 15) is 32.7 Å². The van der Waals surface area contributed by atoms with Gasteiger partial charge in [-0.1, -0.05) is 30.7 Å². The van der Waals surface area contributed by atoms with Crippen LogP contribution >= 0.6 is 11.6 Å². The fourth-order valence-electron chi connectivity index (χ4n) is 6.86. The van der Waals surface area contributed by atoms with E-state index in [0.29, 0.717) is 42.4 Å². The number of carbonyl (C=O) groups excluding carboxylic acids is 2. The van der Waals surface area contributed by atoms with Gasteiger partial charge in [-0.05, 0) is 55.7 Å². The van der Waals surface area contributed by atoms with Crippen LogP contribution in [0.5, 0.6) is 5.75 Å². The maximum atomic E-state index is 14.6. The number of anilines is 2. The molecule has 13 nitrogen and oxygen atoms in total. The molecule has 0 atom stereocenters. The second-order valence-corrected chi connectivity index (χ2v) is 13.3. The molecule has 0 saturated carbocycles. The first kappa shape index (κ1) is 35.9. The first-order valence-electron chi connectivity index (χ1n) is 16.8. The maximum Gasteiger partial charge on any atom is 0.416 e. The van der Waals surface area contributed by atoms with E-state index in [1.165, 1.54) is 10.7 Å². The van der Waals surface area contributed by atoms with Crippen molar-refractivity contribution in [3.63, 3.8) is 0 Å². The van der Waals surface area contributed by atoms with Gasteiger partial charge in [0.25, 0.3) is 11.5 Å². The number of amides is 2. The van der Waals surface area contributed by atoms with Crippen molar-refractivity contribution in [3.8, 4) is 17.0 Å². The molecule has 276 valence electrons. The van der Waals surface area contributed by atoms with Crippen LogP contribution < -0.4 is 15.8 Å². The van der Waals surface area contributed by atoms with Gasteiger partial charge in [0.05, 0.1) is 52.3 Å². The number of aryl methyl sites for hydroxylation is 2. The molecule has 0 unspecified atom stereocenters. The number of ether oxygens (including phenoxy) is 1. The highest BCUT2D eigenvalue weighted by Crippen LogP contribution is 2.34. The Kier molecular flexibility index (Phi) is 9.36. The van der Waals surface area contributed by atoms with E-state index in [2.05, 4.69) is 15.3 Å². The molecule has 2 aliphatic rings. The van der Waals surface area contributed by atoms with E-state index in [1.807, 2.05) is 30.0 Å². The molecule has 0 radical (unpaired) electrons. The van der Waals surface area contributed by atoms with Gasteiger partial charge in [0.2, 0.25) is 11.7 Å². The van der Waals surface area contributed by atoms with Crippen LogP contribution in [0.25, 0.3) is 17.0 Å². The number of alkyl halides is 3. The Morgan fingerprint density at radius 2 is 1.75 bits per heavy atom. The monoisotopic (exact) mass is 750 g/mol. The summed E-state index contributed by atoms with van der Waals surface area (Å²) >= 11 is 6.16. The normalized spacial score (nSPS) is 14.5. The van der Waals surface area contributed by atoms with Gasteiger partial charge < -0.3 is 29.5 Å². The van der Waals surface area contributed by atoms with E-state index in [0.717, 1.165) is 34.9 Å². The van der Waals surface area contributed by atoms with Gasteiger partial charge >= 0.3 is 6.18 Å². The zero-order valence-electron chi connectivity index (χ0n) is 28.9. The van der Waals surface area contributed by atoms with Crippen LogP contribution in [0.3, 0.4) is 0 Å². The van der Waals surface area contributed by atoms with Crippen molar-refractivity contribution in [2.75, 3.05) is 36.4 Å². The van der Waals surface area contributed by atoms with E-state index in [-0.39, 0.29) is 71.9 Å². The third kappa shape index (κ3) is 6.56. The summed E-state index contributed by atoms with van der Waals surface area (Å²) < 4.78 is 48.5. The third-order valence-electron chi connectivity index (χ3n) is 9.63. The first-order valence-corrected chi connectivity index (χ1v) is 17.2. The lowest BCUT2D eigenvalue weighted by molar-refractivity contribution is -0.137.